The van der Waals surface area contributed by atoms with Gasteiger partial charge in [-0.05, 0) is 44.2 Å². The second kappa shape index (κ2) is 5.30. The number of rotatable bonds is 3. The third-order valence-corrected chi connectivity index (χ3v) is 3.30. The van der Waals surface area contributed by atoms with Gasteiger partial charge in [-0.25, -0.2) is 0 Å². The zero-order valence-electron chi connectivity index (χ0n) is 9.89. The Kier molecular flexibility index (Phi) is 3.78. The highest BCUT2D eigenvalue weighted by Gasteiger charge is 2.19. The molecule has 3 heteroatoms. The van der Waals surface area contributed by atoms with Gasteiger partial charge in [-0.2, -0.15) is 0 Å². The summed E-state index contributed by atoms with van der Waals surface area (Å²) in [6.45, 7) is 4.54. The Balaban J connectivity index is 2.03. The van der Waals surface area contributed by atoms with Crippen molar-refractivity contribution in [3.05, 3.63) is 24.0 Å². The van der Waals surface area contributed by atoms with Gasteiger partial charge in [0.1, 0.15) is 0 Å². The van der Waals surface area contributed by atoms with E-state index in [1.54, 1.807) is 0 Å². The molecule has 0 spiro atoms. The number of nitrogens with zero attached hydrogens (tertiary/aromatic N) is 2. The standard InChI is InChI=1S/C13H20N2O/c1-11-9-13(4-6-14-11)15-7-2-3-12(10-15)5-8-16/h4,6,9,12,16H,2-3,5,7-8,10H2,1H3. The van der Waals surface area contributed by atoms with Crippen molar-refractivity contribution in [1.29, 1.82) is 0 Å². The van der Waals surface area contributed by atoms with Gasteiger partial charge in [-0.1, -0.05) is 0 Å². The number of anilines is 1. The molecule has 1 unspecified atom stereocenters. The number of hydrogen-bond acceptors (Lipinski definition) is 3. The van der Waals surface area contributed by atoms with Gasteiger partial charge in [0, 0.05) is 37.3 Å². The van der Waals surface area contributed by atoms with Crippen LogP contribution >= 0.6 is 0 Å². The van der Waals surface area contributed by atoms with E-state index in [0.29, 0.717) is 12.5 Å². The highest BCUT2D eigenvalue weighted by atomic mass is 16.3. The minimum atomic E-state index is 0.313. The molecule has 1 aromatic rings. The first-order valence-electron chi connectivity index (χ1n) is 6.08. The molecular formula is C13H20N2O. The van der Waals surface area contributed by atoms with Crippen LogP contribution in [-0.4, -0.2) is 29.8 Å². The minimum absolute atomic E-state index is 0.313. The summed E-state index contributed by atoms with van der Waals surface area (Å²) in [5, 5.41) is 8.99. The summed E-state index contributed by atoms with van der Waals surface area (Å²) in [5.41, 5.74) is 2.34. The van der Waals surface area contributed by atoms with E-state index in [1.165, 1.54) is 18.5 Å². The first-order valence-corrected chi connectivity index (χ1v) is 6.08. The van der Waals surface area contributed by atoms with Crippen molar-refractivity contribution in [3.8, 4) is 0 Å². The first-order chi connectivity index (χ1) is 7.79. The van der Waals surface area contributed by atoms with Gasteiger partial charge in [-0.3, -0.25) is 4.98 Å². The fourth-order valence-corrected chi connectivity index (χ4v) is 2.45. The zero-order valence-corrected chi connectivity index (χ0v) is 9.89. The molecule has 3 nitrogen and oxygen atoms in total. The number of aliphatic hydroxyl groups excluding tert-OH is 1. The van der Waals surface area contributed by atoms with Crippen LogP contribution in [0.5, 0.6) is 0 Å². The molecule has 16 heavy (non-hydrogen) atoms. The molecule has 0 saturated carbocycles. The van der Waals surface area contributed by atoms with Gasteiger partial charge in [0.2, 0.25) is 0 Å². The lowest BCUT2D eigenvalue weighted by atomic mass is 9.95. The molecule has 2 heterocycles. The van der Waals surface area contributed by atoms with E-state index in [1.807, 2.05) is 13.1 Å². The van der Waals surface area contributed by atoms with E-state index in [9.17, 15) is 0 Å². The largest absolute Gasteiger partial charge is 0.396 e. The average molecular weight is 220 g/mol. The van der Waals surface area contributed by atoms with Crippen molar-refractivity contribution < 1.29 is 5.11 Å². The summed E-state index contributed by atoms with van der Waals surface area (Å²) < 4.78 is 0. The van der Waals surface area contributed by atoms with Crippen LogP contribution in [0.2, 0.25) is 0 Å². The van der Waals surface area contributed by atoms with Crippen molar-refractivity contribution in [1.82, 2.24) is 4.98 Å². The summed E-state index contributed by atoms with van der Waals surface area (Å²) in [6, 6.07) is 4.22. The third-order valence-electron chi connectivity index (χ3n) is 3.30. The summed E-state index contributed by atoms with van der Waals surface area (Å²) in [7, 11) is 0. The maximum atomic E-state index is 8.99. The molecule has 1 aliphatic heterocycles. The Bertz CT molecular complexity index is 338. The molecular weight excluding hydrogens is 200 g/mol. The Morgan fingerprint density at radius 2 is 2.44 bits per heavy atom. The summed E-state index contributed by atoms with van der Waals surface area (Å²) >= 11 is 0. The van der Waals surface area contributed by atoms with Crippen molar-refractivity contribution in [2.75, 3.05) is 24.6 Å². The molecule has 0 bridgehead atoms. The minimum Gasteiger partial charge on any atom is -0.396 e. The van der Waals surface area contributed by atoms with Crippen LogP contribution in [-0.2, 0) is 0 Å². The molecule has 88 valence electrons. The summed E-state index contributed by atoms with van der Waals surface area (Å²) in [4.78, 5) is 6.64. The quantitative estimate of drug-likeness (QED) is 0.846. The van der Waals surface area contributed by atoms with Crippen LogP contribution in [0.4, 0.5) is 5.69 Å². The van der Waals surface area contributed by atoms with Crippen LogP contribution < -0.4 is 4.90 Å². The van der Waals surface area contributed by atoms with Gasteiger partial charge >= 0.3 is 0 Å². The predicted octanol–water partition coefficient (Wildman–Crippen LogP) is 1.99. The van der Waals surface area contributed by atoms with Gasteiger partial charge in [0.15, 0.2) is 0 Å². The fraction of sp³-hybridized carbons (Fsp3) is 0.615. The maximum absolute atomic E-state index is 8.99. The van der Waals surface area contributed by atoms with E-state index < -0.39 is 0 Å². The number of aryl methyl sites for hydroxylation is 1. The van der Waals surface area contributed by atoms with Gasteiger partial charge in [0.05, 0.1) is 0 Å². The van der Waals surface area contributed by atoms with Crippen LogP contribution in [0.15, 0.2) is 18.3 Å². The average Bonchev–Trinajstić information content (AvgIpc) is 2.30. The van der Waals surface area contributed by atoms with Crippen LogP contribution in [0.25, 0.3) is 0 Å². The molecule has 1 aliphatic rings. The number of aromatic nitrogens is 1. The maximum Gasteiger partial charge on any atom is 0.0434 e. The number of hydrogen-bond donors (Lipinski definition) is 1. The SMILES string of the molecule is Cc1cc(N2CCCC(CCO)C2)ccn1. The van der Waals surface area contributed by atoms with Crippen LogP contribution in [0, 0.1) is 12.8 Å². The third kappa shape index (κ3) is 2.73. The normalized spacial score (nSPS) is 21.1. The highest BCUT2D eigenvalue weighted by Crippen LogP contribution is 2.24. The lowest BCUT2D eigenvalue weighted by Crippen LogP contribution is -2.35. The van der Waals surface area contributed by atoms with E-state index in [-0.39, 0.29) is 0 Å². The van der Waals surface area contributed by atoms with Crippen LogP contribution in [0.3, 0.4) is 0 Å². The van der Waals surface area contributed by atoms with E-state index in [0.717, 1.165) is 25.2 Å². The number of pyridine rings is 1. The molecule has 1 fully saturated rings. The molecule has 0 aliphatic carbocycles. The Hall–Kier alpha value is -1.09. The molecule has 0 radical (unpaired) electrons. The van der Waals surface area contributed by atoms with E-state index >= 15 is 0 Å². The topological polar surface area (TPSA) is 36.4 Å². The molecule has 1 N–H and O–H groups in total. The van der Waals surface area contributed by atoms with Crippen molar-refractivity contribution in [2.45, 2.75) is 26.2 Å². The smallest absolute Gasteiger partial charge is 0.0434 e. The Morgan fingerprint density at radius 1 is 1.56 bits per heavy atom. The summed E-state index contributed by atoms with van der Waals surface area (Å²) in [5.74, 6) is 0.646. The molecule has 0 aromatic carbocycles. The first kappa shape index (κ1) is 11.4. The van der Waals surface area contributed by atoms with Gasteiger partial charge in [0.25, 0.3) is 0 Å². The predicted molar refractivity (Wildman–Crippen MR) is 65.6 cm³/mol. The van der Waals surface area contributed by atoms with E-state index in [2.05, 4.69) is 22.0 Å². The zero-order chi connectivity index (χ0) is 11.4. The number of aliphatic hydroxyl groups is 1. The number of piperidine rings is 1. The fourth-order valence-electron chi connectivity index (χ4n) is 2.45. The molecule has 1 aromatic heterocycles. The van der Waals surface area contributed by atoms with Crippen LogP contribution in [0.1, 0.15) is 25.0 Å². The lowest BCUT2D eigenvalue weighted by molar-refractivity contribution is 0.244. The molecule has 1 atom stereocenters. The van der Waals surface area contributed by atoms with Crippen molar-refractivity contribution >= 4 is 5.69 Å². The Morgan fingerprint density at radius 3 is 3.19 bits per heavy atom. The van der Waals surface area contributed by atoms with Crippen molar-refractivity contribution in [2.24, 2.45) is 5.92 Å². The molecule has 2 rings (SSSR count). The van der Waals surface area contributed by atoms with E-state index in [4.69, 9.17) is 5.11 Å². The summed E-state index contributed by atoms with van der Waals surface area (Å²) in [6.07, 6.45) is 5.29. The van der Waals surface area contributed by atoms with Gasteiger partial charge < -0.3 is 10.0 Å². The Labute approximate surface area is 97.1 Å². The van der Waals surface area contributed by atoms with Crippen molar-refractivity contribution in [3.63, 3.8) is 0 Å². The highest BCUT2D eigenvalue weighted by molar-refractivity contribution is 5.46. The van der Waals surface area contributed by atoms with Gasteiger partial charge in [-0.15, -0.1) is 0 Å². The lowest BCUT2D eigenvalue weighted by Gasteiger charge is -2.34. The molecule has 1 saturated heterocycles. The monoisotopic (exact) mass is 220 g/mol. The second-order valence-electron chi connectivity index (χ2n) is 4.62. The molecule has 0 amide bonds. The second-order valence-corrected chi connectivity index (χ2v) is 4.62.